The summed E-state index contributed by atoms with van der Waals surface area (Å²) in [6.45, 7) is 2.99. The first-order chi connectivity index (χ1) is 9.83. The van der Waals surface area contributed by atoms with E-state index >= 15 is 0 Å². The Labute approximate surface area is 119 Å². The topological polar surface area (TPSA) is 34.1 Å². The summed E-state index contributed by atoms with van der Waals surface area (Å²) in [7, 11) is 0. The van der Waals surface area contributed by atoms with Crippen molar-refractivity contribution in [3.63, 3.8) is 0 Å². The fourth-order valence-corrected chi connectivity index (χ4v) is 3.49. The Morgan fingerprint density at radius 3 is 2.90 bits per heavy atom. The Bertz CT molecular complexity index is 626. The molecule has 0 bridgehead atoms. The van der Waals surface area contributed by atoms with Gasteiger partial charge in [0.2, 0.25) is 0 Å². The number of pyridine rings is 1. The summed E-state index contributed by atoms with van der Waals surface area (Å²) in [5.41, 5.74) is 5.12. The molecule has 4 rings (SSSR count). The molecule has 3 heterocycles. The van der Waals surface area contributed by atoms with Crippen LogP contribution in [0.2, 0.25) is 0 Å². The summed E-state index contributed by atoms with van der Waals surface area (Å²) in [5.74, 6) is 0.506. The molecule has 2 aromatic rings. The third kappa shape index (κ3) is 1.81. The van der Waals surface area contributed by atoms with Gasteiger partial charge in [-0.1, -0.05) is 17.7 Å². The number of aryl methyl sites for hydroxylation is 1. The van der Waals surface area contributed by atoms with Crippen molar-refractivity contribution in [1.29, 1.82) is 0 Å². The first-order valence-electron chi connectivity index (χ1n) is 7.21. The lowest BCUT2D eigenvalue weighted by atomic mass is 9.81. The number of nitrogens with one attached hydrogen (secondary N) is 1. The van der Waals surface area contributed by atoms with E-state index < -0.39 is 0 Å². The summed E-state index contributed by atoms with van der Waals surface area (Å²) in [6.07, 6.45) is 5.07. The fourth-order valence-electron chi connectivity index (χ4n) is 3.49. The van der Waals surface area contributed by atoms with Gasteiger partial charge in [0.1, 0.15) is 0 Å². The van der Waals surface area contributed by atoms with Crippen molar-refractivity contribution in [3.8, 4) is 0 Å². The van der Waals surface area contributed by atoms with Gasteiger partial charge in [0, 0.05) is 36.2 Å². The second-order valence-corrected chi connectivity index (χ2v) is 5.74. The SMILES string of the molecule is Cc1ccc2c(c1)[C@H]1OCC[C@H]1[C@@H](c1ccncc1)N2. The van der Waals surface area contributed by atoms with Gasteiger partial charge in [-0.15, -0.1) is 0 Å². The van der Waals surface area contributed by atoms with Gasteiger partial charge in [-0.2, -0.15) is 0 Å². The third-order valence-electron chi connectivity index (χ3n) is 4.46. The molecule has 1 saturated heterocycles. The number of aromatic nitrogens is 1. The van der Waals surface area contributed by atoms with Crippen LogP contribution in [0.3, 0.4) is 0 Å². The number of nitrogens with zero attached hydrogens (tertiary/aromatic N) is 1. The minimum absolute atomic E-state index is 0.226. The maximum atomic E-state index is 6.03. The van der Waals surface area contributed by atoms with Crippen LogP contribution in [0.1, 0.15) is 35.3 Å². The number of benzene rings is 1. The van der Waals surface area contributed by atoms with Crippen molar-refractivity contribution >= 4 is 5.69 Å². The van der Waals surface area contributed by atoms with Crippen molar-refractivity contribution in [2.45, 2.75) is 25.5 Å². The zero-order valence-corrected chi connectivity index (χ0v) is 11.5. The van der Waals surface area contributed by atoms with Crippen LogP contribution < -0.4 is 5.32 Å². The number of fused-ring (bicyclic) bond motifs is 3. The zero-order valence-electron chi connectivity index (χ0n) is 11.5. The first-order valence-corrected chi connectivity index (χ1v) is 7.21. The molecule has 0 saturated carbocycles. The van der Waals surface area contributed by atoms with Gasteiger partial charge in [0.25, 0.3) is 0 Å². The second kappa shape index (κ2) is 4.60. The van der Waals surface area contributed by atoms with Gasteiger partial charge in [0.05, 0.1) is 12.1 Å². The van der Waals surface area contributed by atoms with E-state index in [0.29, 0.717) is 12.0 Å². The Kier molecular flexibility index (Phi) is 2.74. The summed E-state index contributed by atoms with van der Waals surface area (Å²) in [4.78, 5) is 4.12. The Balaban J connectivity index is 1.79. The standard InChI is InChI=1S/C17H18N2O/c1-11-2-3-15-14(10-11)17-13(6-9-20-17)16(19-15)12-4-7-18-8-5-12/h2-5,7-8,10,13,16-17,19H,6,9H2,1H3/t13-,16+,17-/m0/s1. The van der Waals surface area contributed by atoms with Gasteiger partial charge >= 0.3 is 0 Å². The monoisotopic (exact) mass is 266 g/mol. The van der Waals surface area contributed by atoms with Crippen LogP contribution in [0.5, 0.6) is 0 Å². The zero-order chi connectivity index (χ0) is 13.5. The molecule has 2 aliphatic heterocycles. The molecule has 3 nitrogen and oxygen atoms in total. The molecule has 1 aromatic heterocycles. The normalized spacial score (nSPS) is 27.6. The molecule has 3 atom stereocenters. The summed E-state index contributed by atoms with van der Waals surface area (Å²) in [6, 6.07) is 11.1. The minimum Gasteiger partial charge on any atom is -0.378 e. The van der Waals surface area contributed by atoms with E-state index in [1.165, 1.54) is 22.4 Å². The Hall–Kier alpha value is -1.87. The average Bonchev–Trinajstić information content (AvgIpc) is 2.97. The molecule has 1 fully saturated rings. The second-order valence-electron chi connectivity index (χ2n) is 5.74. The molecule has 3 heteroatoms. The molecule has 0 aliphatic carbocycles. The Morgan fingerprint density at radius 2 is 2.05 bits per heavy atom. The lowest BCUT2D eigenvalue weighted by Crippen LogP contribution is -2.29. The van der Waals surface area contributed by atoms with Gasteiger partial charge in [0.15, 0.2) is 0 Å². The minimum atomic E-state index is 0.226. The van der Waals surface area contributed by atoms with E-state index in [4.69, 9.17) is 4.74 Å². The highest BCUT2D eigenvalue weighted by molar-refractivity contribution is 5.58. The van der Waals surface area contributed by atoms with Gasteiger partial charge in [-0.25, -0.2) is 0 Å². The smallest absolute Gasteiger partial charge is 0.0896 e. The predicted molar refractivity (Wildman–Crippen MR) is 78.6 cm³/mol. The summed E-state index contributed by atoms with van der Waals surface area (Å²) >= 11 is 0. The number of hydrogen-bond donors (Lipinski definition) is 1. The van der Waals surface area contributed by atoms with E-state index in [1.54, 1.807) is 0 Å². The molecule has 102 valence electrons. The molecular weight excluding hydrogens is 248 g/mol. The van der Waals surface area contributed by atoms with Crippen molar-refractivity contribution in [2.24, 2.45) is 5.92 Å². The first kappa shape index (κ1) is 11.9. The number of anilines is 1. The van der Waals surface area contributed by atoms with Crippen molar-refractivity contribution in [1.82, 2.24) is 4.98 Å². The maximum absolute atomic E-state index is 6.03. The van der Waals surface area contributed by atoms with E-state index in [1.807, 2.05) is 12.4 Å². The van der Waals surface area contributed by atoms with Gasteiger partial charge < -0.3 is 10.1 Å². The van der Waals surface area contributed by atoms with Crippen LogP contribution in [0.25, 0.3) is 0 Å². The fraction of sp³-hybridized carbons (Fsp3) is 0.353. The quantitative estimate of drug-likeness (QED) is 0.855. The highest BCUT2D eigenvalue weighted by atomic mass is 16.5. The van der Waals surface area contributed by atoms with Crippen LogP contribution in [-0.2, 0) is 4.74 Å². The van der Waals surface area contributed by atoms with Crippen LogP contribution in [0.4, 0.5) is 5.69 Å². The Morgan fingerprint density at radius 1 is 1.20 bits per heavy atom. The van der Waals surface area contributed by atoms with Crippen LogP contribution in [0, 0.1) is 12.8 Å². The molecule has 0 radical (unpaired) electrons. The summed E-state index contributed by atoms with van der Waals surface area (Å²) < 4.78 is 6.03. The molecule has 0 spiro atoms. The molecule has 1 N–H and O–H groups in total. The molecule has 0 amide bonds. The maximum Gasteiger partial charge on any atom is 0.0896 e. The van der Waals surface area contributed by atoms with Crippen LogP contribution >= 0.6 is 0 Å². The van der Waals surface area contributed by atoms with E-state index in [0.717, 1.165) is 13.0 Å². The third-order valence-corrected chi connectivity index (χ3v) is 4.46. The predicted octanol–water partition coefficient (Wildman–Crippen LogP) is 3.63. The molecular formula is C17H18N2O. The van der Waals surface area contributed by atoms with Gasteiger partial charge in [-0.3, -0.25) is 4.98 Å². The lowest BCUT2D eigenvalue weighted by Gasteiger charge is -2.36. The highest BCUT2D eigenvalue weighted by Gasteiger charge is 2.41. The average molecular weight is 266 g/mol. The van der Waals surface area contributed by atoms with E-state index in [-0.39, 0.29) is 6.10 Å². The number of hydrogen-bond acceptors (Lipinski definition) is 3. The largest absolute Gasteiger partial charge is 0.378 e. The van der Waals surface area contributed by atoms with E-state index in [9.17, 15) is 0 Å². The number of rotatable bonds is 1. The van der Waals surface area contributed by atoms with Crippen molar-refractivity contribution in [3.05, 3.63) is 59.4 Å². The van der Waals surface area contributed by atoms with Gasteiger partial charge in [-0.05, 0) is 37.1 Å². The number of ether oxygens (including phenoxy) is 1. The molecule has 20 heavy (non-hydrogen) atoms. The molecule has 0 unspecified atom stereocenters. The van der Waals surface area contributed by atoms with Crippen molar-refractivity contribution < 1.29 is 4.74 Å². The van der Waals surface area contributed by atoms with E-state index in [2.05, 4.69) is 47.6 Å². The highest BCUT2D eigenvalue weighted by Crippen LogP contribution is 2.49. The van der Waals surface area contributed by atoms with Crippen LogP contribution in [0.15, 0.2) is 42.7 Å². The molecule has 2 aliphatic rings. The van der Waals surface area contributed by atoms with Crippen LogP contribution in [-0.4, -0.2) is 11.6 Å². The lowest BCUT2D eigenvalue weighted by molar-refractivity contribution is 0.0829. The summed E-state index contributed by atoms with van der Waals surface area (Å²) in [5, 5.41) is 3.70. The molecule has 1 aromatic carbocycles. The van der Waals surface area contributed by atoms with Crippen molar-refractivity contribution in [2.75, 3.05) is 11.9 Å².